The van der Waals surface area contributed by atoms with E-state index in [1.165, 1.54) is 30.3 Å². The second kappa shape index (κ2) is 7.91. The maximum absolute atomic E-state index is 12.9. The van der Waals surface area contributed by atoms with E-state index in [0.717, 1.165) is 12.3 Å². The Morgan fingerprint density at radius 1 is 1.04 bits per heavy atom. The number of nitrogens with one attached hydrogen (secondary N) is 1. The lowest BCUT2D eigenvalue weighted by Crippen LogP contribution is -2.48. The molecule has 2 aromatic rings. The maximum Gasteiger partial charge on any atom is 0.417 e. The minimum absolute atomic E-state index is 0.186. The maximum atomic E-state index is 12.9. The van der Waals surface area contributed by atoms with Crippen LogP contribution in [0.4, 0.5) is 29.1 Å². The molecule has 0 bridgehead atoms. The third kappa shape index (κ3) is 5.16. The van der Waals surface area contributed by atoms with Crippen LogP contribution in [-0.4, -0.2) is 48.5 Å². The molecule has 144 valence electrons. The number of pyridine rings is 1. The van der Waals surface area contributed by atoms with Gasteiger partial charge in [-0.2, -0.15) is 13.2 Å². The Labute approximate surface area is 153 Å². The zero-order valence-corrected chi connectivity index (χ0v) is 14.3. The van der Waals surface area contributed by atoms with E-state index in [2.05, 4.69) is 10.3 Å². The minimum atomic E-state index is -4.40. The van der Waals surface area contributed by atoms with Gasteiger partial charge in [-0.25, -0.2) is 9.37 Å². The van der Waals surface area contributed by atoms with Crippen LogP contribution in [-0.2, 0) is 11.0 Å². The summed E-state index contributed by atoms with van der Waals surface area (Å²) in [6, 6.07) is 7.89. The van der Waals surface area contributed by atoms with Gasteiger partial charge in [0.1, 0.15) is 11.6 Å². The van der Waals surface area contributed by atoms with Gasteiger partial charge in [0, 0.05) is 38.1 Å². The van der Waals surface area contributed by atoms with E-state index in [4.69, 9.17) is 0 Å². The Morgan fingerprint density at radius 3 is 2.26 bits per heavy atom. The van der Waals surface area contributed by atoms with Crippen LogP contribution in [0.1, 0.15) is 5.56 Å². The fraction of sp³-hybridized carbons (Fsp3) is 0.333. The molecule has 1 N–H and O–H groups in total. The fourth-order valence-corrected chi connectivity index (χ4v) is 2.81. The number of carbonyl (C=O) groups excluding carboxylic acids is 1. The first kappa shape index (κ1) is 19.1. The number of piperazine rings is 1. The first-order valence-electron chi connectivity index (χ1n) is 8.37. The highest BCUT2D eigenvalue weighted by atomic mass is 19.4. The monoisotopic (exact) mass is 382 g/mol. The Bertz CT molecular complexity index is 769. The van der Waals surface area contributed by atoms with Gasteiger partial charge >= 0.3 is 6.18 Å². The summed E-state index contributed by atoms with van der Waals surface area (Å²) in [4.78, 5) is 19.8. The van der Waals surface area contributed by atoms with Crippen LogP contribution in [0.5, 0.6) is 0 Å². The molecule has 1 aliphatic rings. The molecule has 0 aliphatic carbocycles. The van der Waals surface area contributed by atoms with Crippen molar-refractivity contribution in [3.05, 3.63) is 54.0 Å². The lowest BCUT2D eigenvalue weighted by Gasteiger charge is -2.35. The van der Waals surface area contributed by atoms with Crippen molar-refractivity contribution in [2.75, 3.05) is 42.9 Å². The molecule has 2 heterocycles. The van der Waals surface area contributed by atoms with Crippen LogP contribution in [0.25, 0.3) is 0 Å². The number of carbonyl (C=O) groups is 1. The SMILES string of the molecule is O=C(CN1CCN(c2ccc(C(F)(F)F)cn2)CC1)Nc1ccc(F)cc1. The van der Waals surface area contributed by atoms with E-state index < -0.39 is 11.7 Å². The van der Waals surface area contributed by atoms with Gasteiger partial charge in [0.25, 0.3) is 0 Å². The van der Waals surface area contributed by atoms with Gasteiger partial charge in [-0.05, 0) is 36.4 Å². The zero-order chi connectivity index (χ0) is 19.4. The van der Waals surface area contributed by atoms with E-state index >= 15 is 0 Å². The number of anilines is 2. The number of amides is 1. The van der Waals surface area contributed by atoms with E-state index in [-0.39, 0.29) is 18.3 Å². The number of halogens is 4. The average molecular weight is 382 g/mol. The van der Waals surface area contributed by atoms with Gasteiger partial charge in [-0.1, -0.05) is 0 Å². The molecule has 1 fully saturated rings. The molecule has 1 amide bonds. The summed E-state index contributed by atoms with van der Waals surface area (Å²) in [7, 11) is 0. The second-order valence-electron chi connectivity index (χ2n) is 6.22. The Balaban J connectivity index is 1.48. The van der Waals surface area contributed by atoms with Gasteiger partial charge < -0.3 is 10.2 Å². The van der Waals surface area contributed by atoms with Crippen molar-refractivity contribution in [1.29, 1.82) is 0 Å². The molecule has 1 aliphatic heterocycles. The van der Waals surface area contributed by atoms with E-state index in [1.54, 1.807) is 0 Å². The third-order valence-corrected chi connectivity index (χ3v) is 4.27. The molecule has 5 nitrogen and oxygen atoms in total. The average Bonchev–Trinajstić information content (AvgIpc) is 2.64. The Kier molecular flexibility index (Phi) is 5.59. The summed E-state index contributed by atoms with van der Waals surface area (Å²) in [5.74, 6) is -0.0953. The molecule has 0 spiro atoms. The summed E-state index contributed by atoms with van der Waals surface area (Å²) < 4.78 is 50.6. The van der Waals surface area contributed by atoms with Crippen molar-refractivity contribution >= 4 is 17.4 Å². The second-order valence-corrected chi connectivity index (χ2v) is 6.22. The highest BCUT2D eigenvalue weighted by molar-refractivity contribution is 5.92. The summed E-state index contributed by atoms with van der Waals surface area (Å²) >= 11 is 0. The minimum Gasteiger partial charge on any atom is -0.354 e. The van der Waals surface area contributed by atoms with Crippen molar-refractivity contribution in [2.24, 2.45) is 0 Å². The van der Waals surface area contributed by atoms with E-state index in [9.17, 15) is 22.4 Å². The highest BCUT2D eigenvalue weighted by Crippen LogP contribution is 2.29. The molecular formula is C18H18F4N4O. The molecule has 0 atom stereocenters. The topological polar surface area (TPSA) is 48.5 Å². The largest absolute Gasteiger partial charge is 0.417 e. The molecule has 27 heavy (non-hydrogen) atoms. The van der Waals surface area contributed by atoms with Gasteiger partial charge in [0.2, 0.25) is 5.91 Å². The van der Waals surface area contributed by atoms with Crippen LogP contribution in [0.3, 0.4) is 0 Å². The van der Waals surface area contributed by atoms with Crippen molar-refractivity contribution in [1.82, 2.24) is 9.88 Å². The van der Waals surface area contributed by atoms with Crippen molar-refractivity contribution in [2.45, 2.75) is 6.18 Å². The van der Waals surface area contributed by atoms with Crippen molar-refractivity contribution < 1.29 is 22.4 Å². The number of alkyl halides is 3. The summed E-state index contributed by atoms with van der Waals surface area (Å²) in [5.41, 5.74) is -0.253. The first-order valence-corrected chi connectivity index (χ1v) is 8.37. The summed E-state index contributed by atoms with van der Waals surface area (Å²) in [6.45, 7) is 2.47. The number of hydrogen-bond donors (Lipinski definition) is 1. The van der Waals surface area contributed by atoms with Crippen LogP contribution in [0.15, 0.2) is 42.6 Å². The fourth-order valence-electron chi connectivity index (χ4n) is 2.81. The van der Waals surface area contributed by atoms with Gasteiger partial charge in [0.05, 0.1) is 12.1 Å². The van der Waals surface area contributed by atoms with Crippen molar-refractivity contribution in [3.63, 3.8) is 0 Å². The number of rotatable bonds is 4. The first-order chi connectivity index (χ1) is 12.8. The standard InChI is InChI=1S/C18H18F4N4O/c19-14-2-4-15(5-3-14)24-17(27)12-25-7-9-26(10-8-25)16-6-1-13(11-23-16)18(20,21)22/h1-6,11H,7-10,12H2,(H,24,27). The molecule has 0 saturated carbocycles. The van der Waals surface area contributed by atoms with Crippen LogP contribution in [0.2, 0.25) is 0 Å². The number of aromatic nitrogens is 1. The number of hydrogen-bond acceptors (Lipinski definition) is 4. The normalized spacial score (nSPS) is 15.6. The molecular weight excluding hydrogens is 364 g/mol. The highest BCUT2D eigenvalue weighted by Gasteiger charge is 2.31. The summed E-state index contributed by atoms with van der Waals surface area (Å²) in [6.07, 6.45) is -3.57. The van der Waals surface area contributed by atoms with Crippen LogP contribution >= 0.6 is 0 Å². The van der Waals surface area contributed by atoms with Gasteiger partial charge in [-0.15, -0.1) is 0 Å². The predicted molar refractivity (Wildman–Crippen MR) is 92.9 cm³/mol. The smallest absolute Gasteiger partial charge is 0.354 e. The number of benzene rings is 1. The lowest BCUT2D eigenvalue weighted by atomic mass is 10.2. The molecule has 0 unspecified atom stereocenters. The Morgan fingerprint density at radius 2 is 1.70 bits per heavy atom. The molecule has 1 aromatic carbocycles. The van der Waals surface area contributed by atoms with E-state index in [1.807, 2.05) is 9.80 Å². The molecule has 1 saturated heterocycles. The molecule has 3 rings (SSSR count). The lowest BCUT2D eigenvalue weighted by molar-refractivity contribution is -0.137. The van der Waals surface area contributed by atoms with Gasteiger partial charge in [0.15, 0.2) is 0 Å². The number of nitrogens with zero attached hydrogens (tertiary/aromatic N) is 3. The predicted octanol–water partition coefficient (Wildman–Crippen LogP) is 3.00. The zero-order valence-electron chi connectivity index (χ0n) is 14.3. The molecule has 9 heteroatoms. The third-order valence-electron chi connectivity index (χ3n) is 4.27. The van der Waals surface area contributed by atoms with E-state index in [0.29, 0.717) is 37.7 Å². The Hall–Kier alpha value is -2.68. The summed E-state index contributed by atoms with van der Waals surface area (Å²) in [5, 5.41) is 2.70. The molecule has 1 aromatic heterocycles. The molecule has 0 radical (unpaired) electrons. The van der Waals surface area contributed by atoms with Gasteiger partial charge in [-0.3, -0.25) is 9.69 Å². The van der Waals surface area contributed by atoms with Crippen LogP contribution in [0, 0.1) is 5.82 Å². The quantitative estimate of drug-likeness (QED) is 0.826. The van der Waals surface area contributed by atoms with Crippen molar-refractivity contribution in [3.8, 4) is 0 Å². The van der Waals surface area contributed by atoms with Crippen LogP contribution < -0.4 is 10.2 Å².